The number of hydrogen-bond donors (Lipinski definition) is 0. The van der Waals surface area contributed by atoms with E-state index in [0.717, 1.165) is 56.8 Å². The van der Waals surface area contributed by atoms with Gasteiger partial charge in [0.15, 0.2) is 5.69 Å². The Morgan fingerprint density at radius 2 is 1.86 bits per heavy atom. The Bertz CT molecular complexity index is 1020. The summed E-state index contributed by atoms with van der Waals surface area (Å²) >= 11 is 0. The molecule has 150 valence electrons. The van der Waals surface area contributed by atoms with E-state index in [4.69, 9.17) is 0 Å². The maximum absolute atomic E-state index is 13.2. The predicted octanol–water partition coefficient (Wildman–Crippen LogP) is 3.70. The Balaban J connectivity index is 1.40. The van der Waals surface area contributed by atoms with Gasteiger partial charge in [0.2, 0.25) is 0 Å². The number of likely N-dealkylation sites (tertiary alicyclic amines) is 2. The molecule has 1 atom stereocenters. The van der Waals surface area contributed by atoms with E-state index in [9.17, 15) is 9.18 Å². The molecule has 1 amide bonds. The van der Waals surface area contributed by atoms with Crippen molar-refractivity contribution in [3.8, 4) is 0 Å². The fraction of sp³-hybridized carbons (Fsp3) is 0.391. The van der Waals surface area contributed by atoms with Crippen molar-refractivity contribution in [2.45, 2.75) is 31.7 Å². The Morgan fingerprint density at radius 3 is 2.66 bits per heavy atom. The van der Waals surface area contributed by atoms with Crippen LogP contribution in [0.5, 0.6) is 0 Å². The first-order chi connectivity index (χ1) is 14.2. The second kappa shape index (κ2) is 7.59. The Kier molecular flexibility index (Phi) is 4.79. The van der Waals surface area contributed by atoms with Crippen LogP contribution in [0.4, 0.5) is 4.39 Å². The van der Waals surface area contributed by atoms with Crippen LogP contribution in [0, 0.1) is 5.82 Å². The first kappa shape index (κ1) is 18.3. The number of benzene rings is 1. The number of carbonyl (C=O) groups is 1. The third-order valence-corrected chi connectivity index (χ3v) is 6.21. The monoisotopic (exact) mass is 392 g/mol. The number of halogens is 1. The molecule has 2 saturated heterocycles. The summed E-state index contributed by atoms with van der Waals surface area (Å²) in [4.78, 5) is 22.1. The number of amides is 1. The number of nitrogens with zero attached hydrogens (tertiary/aromatic N) is 4. The normalized spacial score (nSPS) is 20.0. The number of carbonyl (C=O) groups excluding carboxylic acids is 1. The van der Waals surface area contributed by atoms with Crippen molar-refractivity contribution in [1.29, 1.82) is 0 Å². The molecule has 0 saturated carbocycles. The zero-order chi connectivity index (χ0) is 19.8. The fourth-order valence-electron chi connectivity index (χ4n) is 4.63. The first-order valence-electron chi connectivity index (χ1n) is 10.4. The van der Waals surface area contributed by atoms with Gasteiger partial charge in [-0.15, -0.1) is 0 Å². The van der Waals surface area contributed by atoms with Crippen LogP contribution in [0.25, 0.3) is 5.65 Å². The number of pyridine rings is 1. The molecule has 0 aliphatic carbocycles. The minimum atomic E-state index is -0.195. The molecule has 6 heteroatoms. The molecule has 5 nitrogen and oxygen atoms in total. The van der Waals surface area contributed by atoms with E-state index in [0.29, 0.717) is 18.2 Å². The summed E-state index contributed by atoms with van der Waals surface area (Å²) in [5.41, 5.74) is 3.56. The summed E-state index contributed by atoms with van der Waals surface area (Å²) in [6, 6.07) is 12.7. The molecule has 0 N–H and O–H groups in total. The summed E-state index contributed by atoms with van der Waals surface area (Å²) < 4.78 is 15.3. The van der Waals surface area contributed by atoms with E-state index in [1.165, 1.54) is 17.7 Å². The molecule has 3 aromatic rings. The van der Waals surface area contributed by atoms with Crippen molar-refractivity contribution in [3.05, 3.63) is 71.4 Å². The molecule has 0 spiro atoms. The van der Waals surface area contributed by atoms with Crippen molar-refractivity contribution < 1.29 is 9.18 Å². The quantitative estimate of drug-likeness (QED) is 0.680. The maximum atomic E-state index is 13.2. The van der Waals surface area contributed by atoms with Gasteiger partial charge >= 0.3 is 0 Å². The van der Waals surface area contributed by atoms with E-state index < -0.39 is 0 Å². The van der Waals surface area contributed by atoms with Gasteiger partial charge in [0.05, 0.1) is 5.69 Å². The molecule has 4 heterocycles. The van der Waals surface area contributed by atoms with Crippen molar-refractivity contribution in [2.75, 3.05) is 26.2 Å². The lowest BCUT2D eigenvalue weighted by atomic mass is 9.99. The molecule has 2 aliphatic heterocycles. The number of rotatable bonds is 4. The molecular weight excluding hydrogens is 367 g/mol. The Hall–Kier alpha value is -2.73. The summed E-state index contributed by atoms with van der Waals surface area (Å²) in [5.74, 6) is 0.252. The van der Waals surface area contributed by atoms with Crippen LogP contribution in [0.15, 0.2) is 48.7 Å². The molecule has 5 rings (SSSR count). The van der Waals surface area contributed by atoms with Crippen LogP contribution < -0.4 is 0 Å². The van der Waals surface area contributed by atoms with Crippen molar-refractivity contribution >= 4 is 11.6 Å². The lowest BCUT2D eigenvalue weighted by molar-refractivity contribution is 0.0785. The summed E-state index contributed by atoms with van der Waals surface area (Å²) in [5, 5.41) is 0. The summed E-state index contributed by atoms with van der Waals surface area (Å²) in [6.07, 6.45) is 5.17. The highest BCUT2D eigenvalue weighted by Gasteiger charge is 2.29. The second-order valence-corrected chi connectivity index (χ2v) is 8.11. The zero-order valence-corrected chi connectivity index (χ0v) is 16.4. The minimum absolute atomic E-state index is 0.0514. The summed E-state index contributed by atoms with van der Waals surface area (Å²) in [7, 11) is 0. The Morgan fingerprint density at radius 1 is 1.07 bits per heavy atom. The SMILES string of the molecule is O=C(c1nc2ccccn2c1CN1CCC(c2ccc(F)cc2)C1)N1CCCC1. The van der Waals surface area contributed by atoms with Crippen LogP contribution in [-0.2, 0) is 6.54 Å². The van der Waals surface area contributed by atoms with E-state index in [1.807, 2.05) is 41.4 Å². The molecule has 2 fully saturated rings. The smallest absolute Gasteiger partial charge is 0.274 e. The Labute approximate surface area is 169 Å². The van der Waals surface area contributed by atoms with Crippen LogP contribution in [-0.4, -0.2) is 51.3 Å². The van der Waals surface area contributed by atoms with Gasteiger partial charge in [0, 0.05) is 32.4 Å². The lowest BCUT2D eigenvalue weighted by Crippen LogP contribution is -2.30. The second-order valence-electron chi connectivity index (χ2n) is 8.11. The molecule has 2 aliphatic rings. The van der Waals surface area contributed by atoms with Crippen molar-refractivity contribution in [2.24, 2.45) is 0 Å². The van der Waals surface area contributed by atoms with Crippen molar-refractivity contribution in [3.63, 3.8) is 0 Å². The van der Waals surface area contributed by atoms with Crippen LogP contribution in [0.2, 0.25) is 0 Å². The molecule has 1 aromatic carbocycles. The fourth-order valence-corrected chi connectivity index (χ4v) is 4.63. The first-order valence-corrected chi connectivity index (χ1v) is 10.4. The lowest BCUT2D eigenvalue weighted by Gasteiger charge is -2.19. The molecule has 2 aromatic heterocycles. The van der Waals surface area contributed by atoms with Gasteiger partial charge in [0.25, 0.3) is 5.91 Å². The number of fused-ring (bicyclic) bond motifs is 1. The van der Waals surface area contributed by atoms with E-state index in [1.54, 1.807) is 0 Å². The van der Waals surface area contributed by atoms with Crippen LogP contribution in [0.3, 0.4) is 0 Å². The number of hydrogen-bond acceptors (Lipinski definition) is 3. The highest BCUT2D eigenvalue weighted by atomic mass is 19.1. The van der Waals surface area contributed by atoms with Crippen molar-refractivity contribution in [1.82, 2.24) is 19.2 Å². The third kappa shape index (κ3) is 3.53. The maximum Gasteiger partial charge on any atom is 0.274 e. The van der Waals surface area contributed by atoms with Crippen LogP contribution in [0.1, 0.15) is 46.9 Å². The highest BCUT2D eigenvalue weighted by Crippen LogP contribution is 2.29. The molecule has 1 unspecified atom stereocenters. The number of imidazole rings is 1. The largest absolute Gasteiger partial charge is 0.337 e. The summed E-state index contributed by atoms with van der Waals surface area (Å²) in [6.45, 7) is 4.20. The molecular formula is C23H25FN4O. The predicted molar refractivity (Wildman–Crippen MR) is 109 cm³/mol. The average Bonchev–Trinajstić information content (AvgIpc) is 3.49. The van der Waals surface area contributed by atoms with E-state index in [2.05, 4.69) is 14.3 Å². The van der Waals surface area contributed by atoms with E-state index in [-0.39, 0.29) is 11.7 Å². The van der Waals surface area contributed by atoms with Gasteiger partial charge in [-0.1, -0.05) is 18.2 Å². The number of aromatic nitrogens is 2. The molecule has 0 radical (unpaired) electrons. The molecule has 0 bridgehead atoms. The average molecular weight is 392 g/mol. The van der Waals surface area contributed by atoms with Crippen LogP contribution >= 0.6 is 0 Å². The zero-order valence-electron chi connectivity index (χ0n) is 16.4. The van der Waals surface area contributed by atoms with Gasteiger partial charge in [-0.05, 0) is 61.6 Å². The highest BCUT2D eigenvalue weighted by molar-refractivity contribution is 5.94. The standard InChI is InChI=1S/C23H25FN4O/c24-19-8-6-17(7-9-19)18-10-14-26(15-18)16-20-22(23(29)27-11-3-4-12-27)25-21-5-1-2-13-28(20)21/h1-2,5-9,13,18H,3-4,10-12,14-16H2. The van der Waals surface area contributed by atoms with Gasteiger partial charge in [0.1, 0.15) is 11.5 Å². The third-order valence-electron chi connectivity index (χ3n) is 6.21. The van der Waals surface area contributed by atoms with Gasteiger partial charge in [-0.25, -0.2) is 9.37 Å². The van der Waals surface area contributed by atoms with Gasteiger partial charge < -0.3 is 9.30 Å². The van der Waals surface area contributed by atoms with E-state index >= 15 is 0 Å². The topological polar surface area (TPSA) is 40.9 Å². The van der Waals surface area contributed by atoms with Gasteiger partial charge in [-0.3, -0.25) is 9.69 Å². The minimum Gasteiger partial charge on any atom is -0.337 e. The molecule has 29 heavy (non-hydrogen) atoms. The van der Waals surface area contributed by atoms with Gasteiger partial charge in [-0.2, -0.15) is 0 Å².